The number of carbonyl (C=O) groups is 1. The normalized spacial score (nSPS) is 23.7. The molecule has 0 radical (unpaired) electrons. The van der Waals surface area contributed by atoms with Crippen molar-refractivity contribution in [1.82, 2.24) is 5.32 Å². The van der Waals surface area contributed by atoms with Crippen molar-refractivity contribution in [2.24, 2.45) is 0 Å². The average molecular weight is 274 g/mol. The van der Waals surface area contributed by atoms with Crippen molar-refractivity contribution >= 4 is 17.5 Å². The Morgan fingerprint density at radius 1 is 1.28 bits per heavy atom. The van der Waals surface area contributed by atoms with E-state index in [0.29, 0.717) is 6.07 Å². The van der Waals surface area contributed by atoms with E-state index in [4.69, 9.17) is 11.6 Å². The maximum Gasteiger partial charge on any atom is 0.254 e. The Kier molecular flexibility index (Phi) is 4.17. The SMILES string of the molecule is O=C(NC1CCCCC1Cl)c1ccc(F)cc1F. The lowest BCUT2D eigenvalue weighted by Crippen LogP contribution is -2.43. The lowest BCUT2D eigenvalue weighted by atomic mass is 9.94. The van der Waals surface area contributed by atoms with Crippen molar-refractivity contribution in [2.75, 3.05) is 0 Å². The smallest absolute Gasteiger partial charge is 0.254 e. The van der Waals surface area contributed by atoms with E-state index >= 15 is 0 Å². The zero-order valence-electron chi connectivity index (χ0n) is 9.76. The van der Waals surface area contributed by atoms with Gasteiger partial charge in [-0.15, -0.1) is 11.6 Å². The fraction of sp³-hybridized carbons (Fsp3) is 0.462. The van der Waals surface area contributed by atoms with Crippen LogP contribution in [0.2, 0.25) is 0 Å². The Labute approximate surface area is 109 Å². The minimum absolute atomic E-state index is 0.119. The first-order valence-electron chi connectivity index (χ1n) is 5.98. The fourth-order valence-corrected chi connectivity index (χ4v) is 2.51. The van der Waals surface area contributed by atoms with Gasteiger partial charge in [-0.2, -0.15) is 0 Å². The molecule has 2 unspecified atom stereocenters. The van der Waals surface area contributed by atoms with Crippen LogP contribution in [0.1, 0.15) is 36.0 Å². The molecule has 1 aliphatic rings. The quantitative estimate of drug-likeness (QED) is 0.824. The van der Waals surface area contributed by atoms with E-state index in [1.165, 1.54) is 0 Å². The van der Waals surface area contributed by atoms with Crippen LogP contribution in [0.25, 0.3) is 0 Å². The van der Waals surface area contributed by atoms with E-state index in [0.717, 1.165) is 37.8 Å². The number of alkyl halides is 1. The molecule has 1 amide bonds. The largest absolute Gasteiger partial charge is 0.348 e. The van der Waals surface area contributed by atoms with Gasteiger partial charge in [-0.3, -0.25) is 4.79 Å². The molecule has 1 aliphatic carbocycles. The lowest BCUT2D eigenvalue weighted by Gasteiger charge is -2.27. The highest BCUT2D eigenvalue weighted by Crippen LogP contribution is 2.23. The Bertz CT molecular complexity index is 453. The standard InChI is InChI=1S/C13H14ClF2NO/c14-10-3-1-2-4-12(10)17-13(18)9-6-5-8(15)7-11(9)16/h5-7,10,12H,1-4H2,(H,17,18). The number of rotatable bonds is 2. The van der Waals surface area contributed by atoms with Crippen LogP contribution in [0, 0.1) is 11.6 Å². The number of halogens is 3. The predicted octanol–water partition coefficient (Wildman–Crippen LogP) is 3.24. The van der Waals surface area contributed by atoms with Gasteiger partial charge >= 0.3 is 0 Å². The van der Waals surface area contributed by atoms with Crippen molar-refractivity contribution in [3.8, 4) is 0 Å². The summed E-state index contributed by atoms with van der Waals surface area (Å²) in [6.07, 6.45) is 3.69. The van der Waals surface area contributed by atoms with Crippen molar-refractivity contribution in [1.29, 1.82) is 0 Å². The van der Waals surface area contributed by atoms with Crippen LogP contribution < -0.4 is 5.32 Å². The van der Waals surface area contributed by atoms with Crippen LogP contribution in [0.5, 0.6) is 0 Å². The van der Waals surface area contributed by atoms with E-state index < -0.39 is 17.5 Å². The Morgan fingerprint density at radius 2 is 2.00 bits per heavy atom. The van der Waals surface area contributed by atoms with Crippen LogP contribution in [0.3, 0.4) is 0 Å². The summed E-state index contributed by atoms with van der Waals surface area (Å²) in [4.78, 5) is 11.9. The molecule has 0 spiro atoms. The van der Waals surface area contributed by atoms with Gasteiger partial charge < -0.3 is 5.32 Å². The summed E-state index contributed by atoms with van der Waals surface area (Å²) in [5.74, 6) is -2.09. The highest BCUT2D eigenvalue weighted by atomic mass is 35.5. The first kappa shape index (κ1) is 13.3. The third-order valence-corrected chi connectivity index (χ3v) is 3.70. The molecule has 98 valence electrons. The molecule has 1 saturated carbocycles. The van der Waals surface area contributed by atoms with Gasteiger partial charge in [0.2, 0.25) is 0 Å². The first-order chi connectivity index (χ1) is 8.58. The molecule has 2 rings (SSSR count). The maximum atomic E-state index is 13.4. The molecule has 0 bridgehead atoms. The van der Waals surface area contributed by atoms with Crippen molar-refractivity contribution in [2.45, 2.75) is 37.1 Å². The van der Waals surface area contributed by atoms with Crippen LogP contribution >= 0.6 is 11.6 Å². The molecule has 0 saturated heterocycles. The summed E-state index contributed by atoms with van der Waals surface area (Å²) in [6.45, 7) is 0. The minimum Gasteiger partial charge on any atom is -0.348 e. The Morgan fingerprint density at radius 3 is 2.67 bits per heavy atom. The predicted molar refractivity (Wildman–Crippen MR) is 65.7 cm³/mol. The molecule has 1 fully saturated rings. The third kappa shape index (κ3) is 2.99. The molecular formula is C13H14ClF2NO. The minimum atomic E-state index is -0.852. The van der Waals surface area contributed by atoms with Gasteiger partial charge in [-0.1, -0.05) is 12.8 Å². The van der Waals surface area contributed by atoms with Gasteiger partial charge in [0.15, 0.2) is 0 Å². The molecule has 1 aromatic rings. The monoisotopic (exact) mass is 273 g/mol. The van der Waals surface area contributed by atoms with Crippen LogP contribution in [0.4, 0.5) is 8.78 Å². The van der Waals surface area contributed by atoms with Crippen molar-refractivity contribution < 1.29 is 13.6 Å². The molecule has 5 heteroatoms. The van der Waals surface area contributed by atoms with Crippen molar-refractivity contribution in [3.63, 3.8) is 0 Å². The van der Waals surface area contributed by atoms with Gasteiger partial charge in [0, 0.05) is 12.1 Å². The zero-order valence-corrected chi connectivity index (χ0v) is 10.5. The number of hydrogen-bond acceptors (Lipinski definition) is 1. The molecule has 1 aromatic carbocycles. The Hall–Kier alpha value is -1.16. The zero-order chi connectivity index (χ0) is 13.1. The molecule has 2 nitrogen and oxygen atoms in total. The van der Waals surface area contributed by atoms with Gasteiger partial charge in [0.1, 0.15) is 11.6 Å². The maximum absolute atomic E-state index is 13.4. The number of benzene rings is 1. The topological polar surface area (TPSA) is 29.1 Å². The number of hydrogen-bond donors (Lipinski definition) is 1. The molecule has 0 aliphatic heterocycles. The summed E-state index contributed by atoms with van der Waals surface area (Å²) in [7, 11) is 0. The summed E-state index contributed by atoms with van der Waals surface area (Å²) >= 11 is 6.11. The fourth-order valence-electron chi connectivity index (χ4n) is 2.17. The molecule has 1 N–H and O–H groups in total. The summed E-state index contributed by atoms with van der Waals surface area (Å²) < 4.78 is 26.2. The van der Waals surface area contributed by atoms with E-state index in [-0.39, 0.29) is 17.0 Å². The second-order valence-corrected chi connectivity index (χ2v) is 5.07. The average Bonchev–Trinajstić information content (AvgIpc) is 2.32. The number of nitrogens with one attached hydrogen (secondary N) is 1. The van der Waals surface area contributed by atoms with Crippen LogP contribution in [0.15, 0.2) is 18.2 Å². The highest BCUT2D eigenvalue weighted by molar-refractivity contribution is 6.21. The molecule has 18 heavy (non-hydrogen) atoms. The molecule has 2 atom stereocenters. The lowest BCUT2D eigenvalue weighted by molar-refractivity contribution is 0.0924. The number of carbonyl (C=O) groups excluding carboxylic acids is 1. The molecule has 0 aromatic heterocycles. The van der Waals surface area contributed by atoms with Crippen molar-refractivity contribution in [3.05, 3.63) is 35.4 Å². The third-order valence-electron chi connectivity index (χ3n) is 3.17. The first-order valence-corrected chi connectivity index (χ1v) is 6.41. The van der Waals surface area contributed by atoms with Crippen LogP contribution in [-0.4, -0.2) is 17.3 Å². The second-order valence-electron chi connectivity index (χ2n) is 4.50. The van der Waals surface area contributed by atoms with Crippen LogP contribution in [-0.2, 0) is 0 Å². The van der Waals surface area contributed by atoms with Gasteiger partial charge in [-0.25, -0.2) is 8.78 Å². The van der Waals surface area contributed by atoms with Gasteiger partial charge in [0.05, 0.1) is 10.9 Å². The Balaban J connectivity index is 2.07. The van der Waals surface area contributed by atoms with Gasteiger partial charge in [0.25, 0.3) is 5.91 Å². The number of amides is 1. The van der Waals surface area contributed by atoms with E-state index in [1.807, 2.05) is 0 Å². The van der Waals surface area contributed by atoms with E-state index in [2.05, 4.69) is 5.32 Å². The summed E-state index contributed by atoms with van der Waals surface area (Å²) in [6, 6.07) is 2.77. The van der Waals surface area contributed by atoms with Gasteiger partial charge in [-0.05, 0) is 25.0 Å². The summed E-state index contributed by atoms with van der Waals surface area (Å²) in [5.41, 5.74) is -0.147. The van der Waals surface area contributed by atoms with E-state index in [9.17, 15) is 13.6 Å². The molecular weight excluding hydrogens is 260 g/mol. The molecule has 0 heterocycles. The highest BCUT2D eigenvalue weighted by Gasteiger charge is 2.25. The second kappa shape index (κ2) is 5.65. The summed E-state index contributed by atoms with van der Waals surface area (Å²) in [5, 5.41) is 2.59. The van der Waals surface area contributed by atoms with E-state index in [1.54, 1.807) is 0 Å².